The monoisotopic (exact) mass is 266 g/mol. The van der Waals surface area contributed by atoms with Crippen LogP contribution >= 0.6 is 0 Å². The van der Waals surface area contributed by atoms with Gasteiger partial charge in [0.2, 0.25) is 5.91 Å². The fourth-order valence-electron chi connectivity index (χ4n) is 2.48. The van der Waals surface area contributed by atoms with E-state index in [2.05, 4.69) is 0 Å². The van der Waals surface area contributed by atoms with Crippen LogP contribution in [0.2, 0.25) is 0 Å². The molecule has 1 aromatic carbocycles. The van der Waals surface area contributed by atoms with Gasteiger partial charge >= 0.3 is 0 Å². The van der Waals surface area contributed by atoms with Crippen molar-refractivity contribution in [1.29, 1.82) is 0 Å². The Bertz CT molecular complexity index is 447. The molecule has 3 atom stereocenters. The van der Waals surface area contributed by atoms with E-state index in [4.69, 9.17) is 5.73 Å². The van der Waals surface area contributed by atoms with E-state index in [0.29, 0.717) is 19.4 Å². The van der Waals surface area contributed by atoms with Gasteiger partial charge in [0.15, 0.2) is 0 Å². The lowest BCUT2D eigenvalue weighted by Crippen LogP contribution is -2.47. The average Bonchev–Trinajstić information content (AvgIpc) is 2.73. The Morgan fingerprint density at radius 2 is 2.16 bits per heavy atom. The van der Waals surface area contributed by atoms with Crippen molar-refractivity contribution in [3.8, 4) is 0 Å². The second kappa shape index (κ2) is 5.67. The van der Waals surface area contributed by atoms with Crippen molar-refractivity contribution in [2.75, 3.05) is 6.54 Å². The molecule has 0 aliphatic carbocycles. The number of hydrogen-bond donors (Lipinski definition) is 2. The van der Waals surface area contributed by atoms with Gasteiger partial charge in [-0.15, -0.1) is 0 Å². The number of nitrogens with zero attached hydrogens (tertiary/aromatic N) is 1. The van der Waals surface area contributed by atoms with Gasteiger partial charge in [-0.1, -0.05) is 12.1 Å². The zero-order valence-electron chi connectivity index (χ0n) is 10.9. The minimum Gasteiger partial charge on any atom is -0.391 e. The molecule has 3 N–H and O–H groups in total. The van der Waals surface area contributed by atoms with Gasteiger partial charge in [-0.2, -0.15) is 0 Å². The predicted octanol–water partition coefficient (Wildman–Crippen LogP) is 0.677. The van der Waals surface area contributed by atoms with E-state index in [0.717, 1.165) is 5.56 Å². The number of carbonyl (C=O) groups is 1. The topological polar surface area (TPSA) is 66.6 Å². The summed E-state index contributed by atoms with van der Waals surface area (Å²) in [5, 5.41) is 10.00. The summed E-state index contributed by atoms with van der Waals surface area (Å²) in [5.74, 6) is -0.442. The van der Waals surface area contributed by atoms with E-state index >= 15 is 0 Å². The molecule has 4 nitrogen and oxygen atoms in total. The summed E-state index contributed by atoms with van der Waals surface area (Å²) >= 11 is 0. The molecule has 0 radical (unpaired) electrons. The summed E-state index contributed by atoms with van der Waals surface area (Å²) in [6.45, 7) is 2.16. The minimum absolute atomic E-state index is 0.149. The smallest absolute Gasteiger partial charge is 0.239 e. The third-order valence-corrected chi connectivity index (χ3v) is 3.54. The van der Waals surface area contributed by atoms with E-state index in [-0.39, 0.29) is 17.8 Å². The van der Waals surface area contributed by atoms with Crippen LogP contribution < -0.4 is 5.73 Å². The van der Waals surface area contributed by atoms with Crippen LogP contribution in [0.15, 0.2) is 24.3 Å². The molecule has 2 rings (SSSR count). The van der Waals surface area contributed by atoms with Crippen LogP contribution in [-0.2, 0) is 11.2 Å². The summed E-state index contributed by atoms with van der Waals surface area (Å²) in [7, 11) is 0. The Balaban J connectivity index is 2.11. The number of halogens is 1. The van der Waals surface area contributed by atoms with Crippen molar-refractivity contribution >= 4 is 5.91 Å². The molecular weight excluding hydrogens is 247 g/mol. The first-order valence-corrected chi connectivity index (χ1v) is 6.47. The van der Waals surface area contributed by atoms with Gasteiger partial charge < -0.3 is 15.7 Å². The third kappa shape index (κ3) is 3.11. The lowest BCUT2D eigenvalue weighted by atomic mass is 10.0. The minimum atomic E-state index is -0.569. The zero-order chi connectivity index (χ0) is 14.0. The Morgan fingerprint density at radius 1 is 1.53 bits per heavy atom. The molecule has 5 heteroatoms. The average molecular weight is 266 g/mol. The second-order valence-electron chi connectivity index (χ2n) is 5.07. The summed E-state index contributed by atoms with van der Waals surface area (Å²) in [6.07, 6.45) is 0.525. The van der Waals surface area contributed by atoms with E-state index in [1.165, 1.54) is 12.1 Å². The highest BCUT2D eigenvalue weighted by Gasteiger charge is 2.36. The molecule has 1 fully saturated rings. The van der Waals surface area contributed by atoms with Crippen LogP contribution in [-0.4, -0.2) is 40.6 Å². The molecule has 0 aromatic heterocycles. The lowest BCUT2D eigenvalue weighted by molar-refractivity contribution is -0.133. The molecule has 19 heavy (non-hydrogen) atoms. The number of hydrogen-bond acceptors (Lipinski definition) is 3. The fourth-order valence-corrected chi connectivity index (χ4v) is 2.48. The van der Waals surface area contributed by atoms with Crippen LogP contribution in [0.3, 0.4) is 0 Å². The van der Waals surface area contributed by atoms with Gasteiger partial charge in [-0.3, -0.25) is 4.79 Å². The van der Waals surface area contributed by atoms with Gasteiger partial charge in [-0.05, 0) is 37.5 Å². The predicted molar refractivity (Wildman–Crippen MR) is 69.9 cm³/mol. The van der Waals surface area contributed by atoms with E-state index in [1.807, 2.05) is 0 Å². The van der Waals surface area contributed by atoms with Crippen LogP contribution in [0, 0.1) is 5.82 Å². The highest BCUT2D eigenvalue weighted by atomic mass is 19.1. The molecule has 1 saturated heterocycles. The first kappa shape index (κ1) is 14.0. The molecular formula is C14H19FN2O2. The quantitative estimate of drug-likeness (QED) is 0.845. The van der Waals surface area contributed by atoms with E-state index in [9.17, 15) is 14.3 Å². The molecule has 1 amide bonds. The molecule has 1 aliphatic rings. The maximum atomic E-state index is 12.9. The Morgan fingerprint density at radius 3 is 2.74 bits per heavy atom. The molecule has 0 bridgehead atoms. The number of amides is 1. The SMILES string of the molecule is C[C@@H](N)C(=O)N1CC[C@H](O)[C@@H]1Cc1ccc(F)cc1. The van der Waals surface area contributed by atoms with Gasteiger partial charge in [0.25, 0.3) is 0 Å². The standard InChI is InChI=1S/C14H19FN2O2/c1-9(16)14(19)17-7-6-13(18)12(17)8-10-2-4-11(15)5-3-10/h2-5,9,12-13,18H,6-8,16H2,1H3/t9-,12+,13+/m1/s1. The molecule has 0 spiro atoms. The Kier molecular flexibility index (Phi) is 4.17. The van der Waals surface area contributed by atoms with E-state index < -0.39 is 12.1 Å². The van der Waals surface area contributed by atoms with Crippen LogP contribution in [0.5, 0.6) is 0 Å². The number of likely N-dealkylation sites (tertiary alicyclic amines) is 1. The van der Waals surface area contributed by atoms with Crippen molar-refractivity contribution in [2.45, 2.75) is 38.0 Å². The molecule has 1 aromatic rings. The Hall–Kier alpha value is -1.46. The number of benzene rings is 1. The Labute approximate surface area is 112 Å². The van der Waals surface area contributed by atoms with E-state index in [1.54, 1.807) is 24.0 Å². The maximum Gasteiger partial charge on any atom is 0.239 e. The van der Waals surface area contributed by atoms with Gasteiger partial charge in [-0.25, -0.2) is 4.39 Å². The third-order valence-electron chi connectivity index (χ3n) is 3.54. The summed E-state index contributed by atoms with van der Waals surface area (Å²) < 4.78 is 12.9. The number of aliphatic hydroxyl groups is 1. The highest BCUT2D eigenvalue weighted by Crippen LogP contribution is 2.22. The van der Waals surface area contributed by atoms with Crippen LogP contribution in [0.4, 0.5) is 4.39 Å². The van der Waals surface area contributed by atoms with Crippen LogP contribution in [0.1, 0.15) is 18.9 Å². The van der Waals surface area contributed by atoms with Crippen molar-refractivity contribution in [2.24, 2.45) is 5.73 Å². The first-order valence-electron chi connectivity index (χ1n) is 6.47. The number of rotatable bonds is 3. The van der Waals surface area contributed by atoms with Gasteiger partial charge in [0.05, 0.1) is 18.2 Å². The maximum absolute atomic E-state index is 12.9. The largest absolute Gasteiger partial charge is 0.391 e. The molecule has 0 saturated carbocycles. The van der Waals surface area contributed by atoms with Crippen molar-refractivity contribution in [3.05, 3.63) is 35.6 Å². The van der Waals surface area contributed by atoms with Gasteiger partial charge in [0.1, 0.15) is 5.82 Å². The zero-order valence-corrected chi connectivity index (χ0v) is 10.9. The molecule has 1 heterocycles. The second-order valence-corrected chi connectivity index (χ2v) is 5.07. The van der Waals surface area contributed by atoms with Gasteiger partial charge in [0, 0.05) is 6.54 Å². The highest BCUT2D eigenvalue weighted by molar-refractivity contribution is 5.81. The van der Waals surface area contributed by atoms with Crippen molar-refractivity contribution in [1.82, 2.24) is 4.90 Å². The number of nitrogens with two attached hydrogens (primary N) is 1. The van der Waals surface area contributed by atoms with Crippen molar-refractivity contribution < 1.29 is 14.3 Å². The fraction of sp³-hybridized carbons (Fsp3) is 0.500. The summed E-state index contributed by atoms with van der Waals surface area (Å²) in [5.41, 5.74) is 6.51. The lowest BCUT2D eigenvalue weighted by Gasteiger charge is -2.27. The molecule has 1 aliphatic heterocycles. The van der Waals surface area contributed by atoms with Crippen molar-refractivity contribution in [3.63, 3.8) is 0 Å². The normalized spacial score (nSPS) is 24.5. The number of aliphatic hydroxyl groups excluding tert-OH is 1. The summed E-state index contributed by atoms with van der Waals surface area (Å²) in [4.78, 5) is 13.6. The number of carbonyl (C=O) groups excluding carboxylic acids is 1. The first-order chi connectivity index (χ1) is 8.99. The molecule has 0 unspecified atom stereocenters. The van der Waals surface area contributed by atoms with Crippen LogP contribution in [0.25, 0.3) is 0 Å². The molecule has 104 valence electrons. The summed E-state index contributed by atoms with van der Waals surface area (Å²) in [6, 6.07) is 5.28.